The molecule has 1 fully saturated rings. The lowest BCUT2D eigenvalue weighted by atomic mass is 9.94. The predicted molar refractivity (Wildman–Crippen MR) is 58.4 cm³/mol. The summed E-state index contributed by atoms with van der Waals surface area (Å²) in [5, 5.41) is 3.05. The summed E-state index contributed by atoms with van der Waals surface area (Å²) in [5.74, 6) is -0.261. The van der Waals surface area contributed by atoms with Crippen molar-refractivity contribution in [2.24, 2.45) is 0 Å². The van der Waals surface area contributed by atoms with Crippen molar-refractivity contribution in [1.29, 1.82) is 0 Å². The zero-order valence-corrected chi connectivity index (χ0v) is 9.73. The van der Waals surface area contributed by atoms with Gasteiger partial charge >= 0.3 is 0 Å². The van der Waals surface area contributed by atoms with Crippen LogP contribution in [0.4, 0.5) is 0 Å². The van der Waals surface area contributed by atoms with Gasteiger partial charge in [-0.15, -0.1) is 0 Å². The monoisotopic (exact) mass is 230 g/mol. The van der Waals surface area contributed by atoms with Gasteiger partial charge in [0.15, 0.2) is 0 Å². The first kappa shape index (κ1) is 12.0. The van der Waals surface area contributed by atoms with Gasteiger partial charge in [-0.2, -0.15) is 0 Å². The van der Waals surface area contributed by atoms with E-state index in [2.05, 4.69) is 11.9 Å². The van der Waals surface area contributed by atoms with Crippen LogP contribution in [0.3, 0.4) is 0 Å². The molecular formula is C10H15ClN2O2. The Hall–Kier alpha value is -1.03. The fourth-order valence-corrected chi connectivity index (χ4v) is 1.71. The number of carbonyl (C=O) groups is 2. The number of halogens is 1. The van der Waals surface area contributed by atoms with E-state index in [1.165, 1.54) is 4.90 Å². The highest BCUT2D eigenvalue weighted by atomic mass is 35.5. The summed E-state index contributed by atoms with van der Waals surface area (Å²) in [7, 11) is 0. The highest BCUT2D eigenvalue weighted by Crippen LogP contribution is 2.18. The molecule has 1 atom stereocenters. The molecule has 0 spiro atoms. The predicted octanol–water partition coefficient (Wildman–Crippen LogP) is 0.866. The normalized spacial score (nSPS) is 26.5. The Kier molecular flexibility index (Phi) is 3.39. The maximum Gasteiger partial charge on any atom is 0.248 e. The molecule has 1 saturated heterocycles. The van der Waals surface area contributed by atoms with E-state index in [1.807, 2.05) is 6.92 Å². The van der Waals surface area contributed by atoms with Gasteiger partial charge in [-0.3, -0.25) is 9.59 Å². The Bertz CT molecular complexity index is 315. The Morgan fingerprint density at radius 1 is 1.67 bits per heavy atom. The largest absolute Gasteiger partial charge is 0.340 e. The van der Waals surface area contributed by atoms with Crippen LogP contribution in [0.2, 0.25) is 0 Å². The van der Waals surface area contributed by atoms with E-state index >= 15 is 0 Å². The summed E-state index contributed by atoms with van der Waals surface area (Å²) in [4.78, 5) is 24.8. The fraction of sp³-hybridized carbons (Fsp3) is 0.600. The molecule has 5 heteroatoms. The number of hydrogen-bond donors (Lipinski definition) is 1. The Labute approximate surface area is 94.3 Å². The van der Waals surface area contributed by atoms with Crippen molar-refractivity contribution in [2.45, 2.75) is 25.8 Å². The maximum atomic E-state index is 12.0. The van der Waals surface area contributed by atoms with Crippen LogP contribution >= 0.6 is 11.6 Å². The molecule has 1 unspecified atom stereocenters. The molecule has 15 heavy (non-hydrogen) atoms. The van der Waals surface area contributed by atoms with E-state index in [9.17, 15) is 9.59 Å². The first-order valence-corrected chi connectivity index (χ1v) is 5.20. The molecule has 1 rings (SSSR count). The second kappa shape index (κ2) is 4.23. The zero-order chi connectivity index (χ0) is 11.6. The van der Waals surface area contributed by atoms with Gasteiger partial charge in [-0.05, 0) is 13.3 Å². The number of nitrogens with zero attached hydrogens (tertiary/aromatic N) is 1. The molecule has 0 bridgehead atoms. The standard InChI is InChI=1S/C10H15ClN2O2/c1-4-10(3)9(15)13(5-7(2)11)6-8(14)12-10/h2,4-6H2,1,3H3,(H,12,14). The summed E-state index contributed by atoms with van der Waals surface area (Å²) in [5.41, 5.74) is -0.804. The number of amides is 2. The Morgan fingerprint density at radius 2 is 2.27 bits per heavy atom. The van der Waals surface area contributed by atoms with Gasteiger partial charge in [0.1, 0.15) is 12.1 Å². The highest BCUT2D eigenvalue weighted by molar-refractivity contribution is 6.29. The van der Waals surface area contributed by atoms with Crippen LogP contribution in [0.5, 0.6) is 0 Å². The van der Waals surface area contributed by atoms with E-state index in [0.717, 1.165) is 0 Å². The third kappa shape index (κ3) is 2.50. The van der Waals surface area contributed by atoms with Gasteiger partial charge in [0.05, 0.1) is 6.54 Å². The van der Waals surface area contributed by atoms with Gasteiger partial charge in [0.2, 0.25) is 11.8 Å². The lowest BCUT2D eigenvalue weighted by molar-refractivity contribution is -0.148. The Morgan fingerprint density at radius 3 is 2.73 bits per heavy atom. The molecule has 2 amide bonds. The van der Waals surface area contributed by atoms with Crippen LogP contribution in [-0.4, -0.2) is 35.3 Å². The van der Waals surface area contributed by atoms with Crippen LogP contribution in [-0.2, 0) is 9.59 Å². The van der Waals surface area contributed by atoms with Gasteiger partial charge in [-0.1, -0.05) is 25.1 Å². The molecule has 0 aromatic heterocycles. The molecule has 1 N–H and O–H groups in total. The average Bonchev–Trinajstić information content (AvgIpc) is 2.12. The average molecular weight is 231 g/mol. The summed E-state index contributed by atoms with van der Waals surface area (Å²) < 4.78 is 0. The van der Waals surface area contributed by atoms with E-state index < -0.39 is 5.54 Å². The number of hydrogen-bond acceptors (Lipinski definition) is 2. The topological polar surface area (TPSA) is 49.4 Å². The van der Waals surface area contributed by atoms with Crippen LogP contribution in [0.15, 0.2) is 11.6 Å². The van der Waals surface area contributed by atoms with E-state index in [4.69, 9.17) is 11.6 Å². The molecule has 84 valence electrons. The molecule has 1 heterocycles. The van der Waals surface area contributed by atoms with Gasteiger partial charge in [0.25, 0.3) is 0 Å². The van der Waals surface area contributed by atoms with Crippen LogP contribution in [0.1, 0.15) is 20.3 Å². The molecule has 0 saturated carbocycles. The molecule has 1 aliphatic rings. The van der Waals surface area contributed by atoms with Crippen molar-refractivity contribution in [3.63, 3.8) is 0 Å². The van der Waals surface area contributed by atoms with E-state index in [0.29, 0.717) is 11.5 Å². The number of nitrogens with one attached hydrogen (secondary N) is 1. The lowest BCUT2D eigenvalue weighted by Gasteiger charge is -2.39. The molecular weight excluding hydrogens is 216 g/mol. The second-order valence-corrected chi connectivity index (χ2v) is 4.45. The summed E-state index contributed by atoms with van der Waals surface area (Å²) in [6.07, 6.45) is 0.558. The molecule has 1 aliphatic heterocycles. The van der Waals surface area contributed by atoms with Crippen molar-refractivity contribution in [3.05, 3.63) is 11.6 Å². The number of carbonyl (C=O) groups excluding carboxylic acids is 2. The lowest BCUT2D eigenvalue weighted by Crippen LogP contribution is -2.65. The van der Waals surface area contributed by atoms with Crippen molar-refractivity contribution in [3.8, 4) is 0 Å². The smallest absolute Gasteiger partial charge is 0.248 e. The third-order valence-electron chi connectivity index (χ3n) is 2.58. The van der Waals surface area contributed by atoms with Crippen molar-refractivity contribution in [1.82, 2.24) is 10.2 Å². The maximum absolute atomic E-state index is 12.0. The van der Waals surface area contributed by atoms with E-state index in [-0.39, 0.29) is 24.9 Å². The third-order valence-corrected chi connectivity index (χ3v) is 2.70. The Balaban J connectivity index is 2.86. The minimum absolute atomic E-state index is 0.0557. The molecule has 0 aromatic rings. The minimum atomic E-state index is -0.804. The number of piperazine rings is 1. The van der Waals surface area contributed by atoms with Gasteiger partial charge in [0, 0.05) is 5.03 Å². The van der Waals surface area contributed by atoms with Crippen LogP contribution in [0, 0.1) is 0 Å². The summed E-state index contributed by atoms with van der Waals surface area (Å²) in [6.45, 7) is 7.38. The van der Waals surface area contributed by atoms with Crippen molar-refractivity contribution in [2.75, 3.05) is 13.1 Å². The van der Waals surface area contributed by atoms with Crippen LogP contribution in [0.25, 0.3) is 0 Å². The van der Waals surface area contributed by atoms with Gasteiger partial charge < -0.3 is 10.2 Å². The van der Waals surface area contributed by atoms with Crippen molar-refractivity contribution < 1.29 is 9.59 Å². The minimum Gasteiger partial charge on any atom is -0.340 e. The SMILES string of the molecule is C=C(Cl)CN1CC(=O)NC(C)(CC)C1=O. The summed E-state index contributed by atoms with van der Waals surface area (Å²) in [6, 6.07) is 0. The molecule has 4 nitrogen and oxygen atoms in total. The molecule has 0 aliphatic carbocycles. The summed E-state index contributed by atoms with van der Waals surface area (Å²) >= 11 is 5.64. The van der Waals surface area contributed by atoms with Gasteiger partial charge in [-0.25, -0.2) is 0 Å². The first-order valence-electron chi connectivity index (χ1n) is 4.82. The van der Waals surface area contributed by atoms with E-state index in [1.54, 1.807) is 6.92 Å². The molecule has 0 radical (unpaired) electrons. The fourth-order valence-electron chi connectivity index (χ4n) is 1.57. The molecule has 0 aromatic carbocycles. The zero-order valence-electron chi connectivity index (χ0n) is 8.97. The first-order chi connectivity index (χ1) is 6.89. The second-order valence-electron chi connectivity index (χ2n) is 3.91. The highest BCUT2D eigenvalue weighted by Gasteiger charge is 2.41. The van der Waals surface area contributed by atoms with Crippen molar-refractivity contribution >= 4 is 23.4 Å². The number of rotatable bonds is 3. The van der Waals surface area contributed by atoms with Crippen LogP contribution < -0.4 is 5.32 Å². The quantitative estimate of drug-likeness (QED) is 0.782.